The molecular weight excluding hydrogens is 376 g/mol. The van der Waals surface area contributed by atoms with Crippen molar-refractivity contribution in [3.63, 3.8) is 0 Å². The lowest BCUT2D eigenvalue weighted by molar-refractivity contribution is -0.122. The van der Waals surface area contributed by atoms with Crippen LogP contribution in [-0.4, -0.2) is 66.7 Å². The van der Waals surface area contributed by atoms with E-state index in [0.717, 1.165) is 0 Å². The Labute approximate surface area is 160 Å². The molecule has 0 unspecified atom stereocenters. The lowest BCUT2D eigenvalue weighted by Gasteiger charge is -2.25. The van der Waals surface area contributed by atoms with E-state index in [2.05, 4.69) is 4.98 Å². The van der Waals surface area contributed by atoms with Crippen LogP contribution in [0.1, 0.15) is 18.0 Å². The third-order valence-electron chi connectivity index (χ3n) is 3.89. The van der Waals surface area contributed by atoms with Gasteiger partial charge in [0.1, 0.15) is 10.4 Å². The first-order chi connectivity index (χ1) is 12.6. The van der Waals surface area contributed by atoms with Gasteiger partial charge < -0.3 is 18.8 Å². The minimum atomic E-state index is -0.180. The second-order valence-electron chi connectivity index (χ2n) is 5.60. The summed E-state index contributed by atoms with van der Waals surface area (Å²) in [4.78, 5) is 20.6. The number of rotatable bonds is 6. The average Bonchev–Trinajstić information content (AvgIpc) is 3.18. The Morgan fingerprint density at radius 3 is 2.92 bits per heavy atom. The number of ether oxygens (including phenoxy) is 2. The quantitative estimate of drug-likeness (QED) is 0.405. The molecule has 1 amide bonds. The Hall–Kier alpha value is -1.93. The van der Waals surface area contributed by atoms with Crippen LogP contribution in [-0.2, 0) is 14.3 Å². The van der Waals surface area contributed by atoms with Crippen molar-refractivity contribution in [1.29, 1.82) is 5.26 Å². The van der Waals surface area contributed by atoms with Crippen molar-refractivity contribution in [2.45, 2.75) is 6.42 Å². The lowest BCUT2D eigenvalue weighted by atomic mass is 10.3. The molecule has 0 atom stereocenters. The molecule has 2 fully saturated rings. The van der Waals surface area contributed by atoms with Crippen LogP contribution in [0.15, 0.2) is 9.32 Å². The number of anilines is 1. The van der Waals surface area contributed by atoms with Crippen LogP contribution in [0.25, 0.3) is 6.08 Å². The summed E-state index contributed by atoms with van der Waals surface area (Å²) in [5.41, 5.74) is 0.203. The molecule has 1 aromatic rings. The Morgan fingerprint density at radius 2 is 2.23 bits per heavy atom. The van der Waals surface area contributed by atoms with Gasteiger partial charge >= 0.3 is 0 Å². The first-order valence-electron chi connectivity index (χ1n) is 8.12. The third kappa shape index (κ3) is 4.07. The van der Waals surface area contributed by atoms with Gasteiger partial charge in [0.25, 0.3) is 5.91 Å². The Bertz CT molecular complexity index is 765. The average molecular weight is 394 g/mol. The van der Waals surface area contributed by atoms with Crippen molar-refractivity contribution in [1.82, 2.24) is 9.88 Å². The van der Waals surface area contributed by atoms with Gasteiger partial charge in [0.15, 0.2) is 0 Å². The second-order valence-corrected chi connectivity index (χ2v) is 7.27. The number of morpholine rings is 1. The molecule has 138 valence electrons. The van der Waals surface area contributed by atoms with Crippen molar-refractivity contribution < 1.29 is 18.7 Å². The summed E-state index contributed by atoms with van der Waals surface area (Å²) < 4.78 is 16.6. The van der Waals surface area contributed by atoms with E-state index in [0.29, 0.717) is 61.0 Å². The molecule has 2 aliphatic heterocycles. The standard InChI is InChI=1S/C16H18N4O4S2/c1-22-6-2-3-20-14(21)12(26-16(20)25)9-13-18-11(10-17)15(24-13)19-4-7-23-8-5-19/h9H,2-8H2,1H3. The zero-order valence-corrected chi connectivity index (χ0v) is 15.9. The predicted molar refractivity (Wildman–Crippen MR) is 101 cm³/mol. The van der Waals surface area contributed by atoms with Crippen molar-refractivity contribution in [2.75, 3.05) is 51.5 Å². The number of carbonyl (C=O) groups excluding carboxylic acids is 1. The first-order valence-corrected chi connectivity index (χ1v) is 9.34. The number of amides is 1. The number of nitriles is 1. The molecule has 10 heteroatoms. The molecule has 0 spiro atoms. The minimum absolute atomic E-state index is 0.180. The van der Waals surface area contributed by atoms with Gasteiger partial charge in [-0.1, -0.05) is 24.0 Å². The number of nitrogens with zero attached hydrogens (tertiary/aromatic N) is 4. The molecule has 0 saturated carbocycles. The van der Waals surface area contributed by atoms with E-state index in [-0.39, 0.29) is 17.5 Å². The molecule has 8 nitrogen and oxygen atoms in total. The van der Waals surface area contributed by atoms with Gasteiger partial charge in [-0.15, -0.1) is 0 Å². The van der Waals surface area contributed by atoms with Gasteiger partial charge in [-0.3, -0.25) is 9.69 Å². The van der Waals surface area contributed by atoms with Crippen LogP contribution in [0.4, 0.5) is 5.88 Å². The van der Waals surface area contributed by atoms with Crippen LogP contribution >= 0.6 is 24.0 Å². The summed E-state index contributed by atoms with van der Waals surface area (Å²) in [5.74, 6) is 0.457. The molecule has 0 N–H and O–H groups in total. The van der Waals surface area contributed by atoms with Crippen molar-refractivity contribution in [2.24, 2.45) is 0 Å². The van der Waals surface area contributed by atoms with Crippen LogP contribution < -0.4 is 4.90 Å². The predicted octanol–water partition coefficient (Wildman–Crippen LogP) is 1.62. The van der Waals surface area contributed by atoms with Gasteiger partial charge in [-0.2, -0.15) is 10.2 Å². The summed E-state index contributed by atoms with van der Waals surface area (Å²) in [6, 6.07) is 2.04. The Morgan fingerprint density at radius 1 is 1.46 bits per heavy atom. The number of hydrogen-bond acceptors (Lipinski definition) is 9. The van der Waals surface area contributed by atoms with Crippen molar-refractivity contribution >= 4 is 46.2 Å². The van der Waals surface area contributed by atoms with Gasteiger partial charge in [-0.05, 0) is 6.42 Å². The minimum Gasteiger partial charge on any atom is -0.420 e. The molecule has 0 bridgehead atoms. The van der Waals surface area contributed by atoms with Crippen molar-refractivity contribution in [3.05, 3.63) is 16.5 Å². The SMILES string of the molecule is COCCCN1C(=O)C(=Cc2nc(C#N)c(N3CCOCC3)o2)SC1=S. The number of thioether (sulfide) groups is 1. The molecule has 0 radical (unpaired) electrons. The molecular formula is C16H18N4O4S2. The fraction of sp³-hybridized carbons (Fsp3) is 0.500. The highest BCUT2D eigenvalue weighted by atomic mass is 32.2. The van der Waals surface area contributed by atoms with E-state index in [1.54, 1.807) is 18.1 Å². The fourth-order valence-electron chi connectivity index (χ4n) is 2.62. The third-order valence-corrected chi connectivity index (χ3v) is 5.27. The van der Waals surface area contributed by atoms with E-state index in [9.17, 15) is 10.1 Å². The zero-order valence-electron chi connectivity index (χ0n) is 14.3. The maximum absolute atomic E-state index is 12.5. The summed E-state index contributed by atoms with van der Waals surface area (Å²) in [6.45, 7) is 3.46. The van der Waals surface area contributed by atoms with Gasteiger partial charge in [0.2, 0.25) is 17.5 Å². The number of methoxy groups -OCH3 is 1. The number of oxazole rings is 1. The fourth-order valence-corrected chi connectivity index (χ4v) is 3.89. The Kier molecular flexibility index (Phi) is 6.26. The molecule has 2 saturated heterocycles. The molecule has 1 aromatic heterocycles. The van der Waals surface area contributed by atoms with E-state index in [4.69, 9.17) is 26.1 Å². The van der Waals surface area contributed by atoms with Gasteiger partial charge in [0, 0.05) is 39.4 Å². The molecule has 2 aliphatic rings. The topological polar surface area (TPSA) is 91.8 Å². The summed E-state index contributed by atoms with van der Waals surface area (Å²) >= 11 is 6.48. The van der Waals surface area contributed by atoms with Gasteiger partial charge in [-0.25, -0.2) is 0 Å². The van der Waals surface area contributed by atoms with E-state index < -0.39 is 0 Å². The van der Waals surface area contributed by atoms with E-state index in [1.807, 2.05) is 11.0 Å². The van der Waals surface area contributed by atoms with Crippen LogP contribution in [0, 0.1) is 11.3 Å². The summed E-state index contributed by atoms with van der Waals surface area (Å²) in [5, 5.41) is 9.32. The number of hydrogen-bond donors (Lipinski definition) is 0. The molecule has 26 heavy (non-hydrogen) atoms. The highest BCUT2D eigenvalue weighted by Crippen LogP contribution is 2.33. The number of carbonyl (C=O) groups is 1. The number of thiocarbonyl (C=S) groups is 1. The Balaban J connectivity index is 1.77. The van der Waals surface area contributed by atoms with Crippen LogP contribution in [0.3, 0.4) is 0 Å². The van der Waals surface area contributed by atoms with Crippen LogP contribution in [0.2, 0.25) is 0 Å². The lowest BCUT2D eigenvalue weighted by Crippen LogP contribution is -2.36. The number of aromatic nitrogens is 1. The molecule has 3 heterocycles. The maximum Gasteiger partial charge on any atom is 0.266 e. The van der Waals surface area contributed by atoms with Gasteiger partial charge in [0.05, 0.1) is 18.1 Å². The molecule has 3 rings (SSSR count). The zero-order chi connectivity index (χ0) is 18.5. The highest BCUT2D eigenvalue weighted by Gasteiger charge is 2.32. The molecule has 0 aliphatic carbocycles. The largest absolute Gasteiger partial charge is 0.420 e. The normalized spacial score (nSPS) is 19.5. The maximum atomic E-state index is 12.5. The first kappa shape index (κ1) is 18.8. The van der Waals surface area contributed by atoms with E-state index >= 15 is 0 Å². The summed E-state index contributed by atoms with van der Waals surface area (Å²) in [6.07, 6.45) is 2.25. The molecule has 0 aromatic carbocycles. The van der Waals surface area contributed by atoms with Crippen LogP contribution in [0.5, 0.6) is 0 Å². The smallest absolute Gasteiger partial charge is 0.266 e. The summed E-state index contributed by atoms with van der Waals surface area (Å²) in [7, 11) is 1.62. The second kappa shape index (κ2) is 8.64. The monoisotopic (exact) mass is 394 g/mol. The van der Waals surface area contributed by atoms with Crippen molar-refractivity contribution in [3.8, 4) is 6.07 Å². The highest BCUT2D eigenvalue weighted by molar-refractivity contribution is 8.26. The van der Waals surface area contributed by atoms with E-state index in [1.165, 1.54) is 11.8 Å².